The summed E-state index contributed by atoms with van der Waals surface area (Å²) in [6.07, 6.45) is 0. The van der Waals surface area contributed by atoms with Crippen molar-refractivity contribution < 1.29 is 4.79 Å². The standard InChI is InChI=1S/C18H21Cl2N3O/c1-23(2)9-8-21-17(13-6-4-3-5-7-13)18(24)22-16-11-14(19)10-15(20)12-16/h3-7,10-12,17,21H,8-9H2,1-2H3,(H,22,24). The first-order valence-electron chi connectivity index (χ1n) is 7.66. The van der Waals surface area contributed by atoms with Gasteiger partial charge in [-0.1, -0.05) is 53.5 Å². The quantitative estimate of drug-likeness (QED) is 0.783. The van der Waals surface area contributed by atoms with E-state index in [9.17, 15) is 4.79 Å². The molecule has 0 saturated carbocycles. The Bertz CT molecular complexity index is 657. The van der Waals surface area contributed by atoms with Crippen LogP contribution in [-0.2, 0) is 4.79 Å². The van der Waals surface area contributed by atoms with Gasteiger partial charge < -0.3 is 15.5 Å². The topological polar surface area (TPSA) is 44.4 Å². The lowest BCUT2D eigenvalue weighted by Crippen LogP contribution is -2.36. The first kappa shape index (κ1) is 18.7. The minimum atomic E-state index is -0.455. The molecule has 0 saturated heterocycles. The molecule has 2 aromatic carbocycles. The zero-order chi connectivity index (χ0) is 17.5. The van der Waals surface area contributed by atoms with Crippen LogP contribution in [0.4, 0.5) is 5.69 Å². The fourth-order valence-corrected chi connectivity index (χ4v) is 2.81. The molecule has 0 aromatic heterocycles. The van der Waals surface area contributed by atoms with Gasteiger partial charge in [0.25, 0.3) is 0 Å². The van der Waals surface area contributed by atoms with Gasteiger partial charge in [-0.05, 0) is 37.9 Å². The van der Waals surface area contributed by atoms with Gasteiger partial charge in [-0.3, -0.25) is 4.79 Å². The number of benzene rings is 2. The Hall–Kier alpha value is -1.59. The maximum absolute atomic E-state index is 12.7. The van der Waals surface area contributed by atoms with Crippen LogP contribution < -0.4 is 10.6 Å². The number of amides is 1. The van der Waals surface area contributed by atoms with E-state index in [-0.39, 0.29) is 5.91 Å². The summed E-state index contributed by atoms with van der Waals surface area (Å²) in [7, 11) is 3.99. The molecular weight excluding hydrogens is 345 g/mol. The maximum atomic E-state index is 12.7. The third-order valence-corrected chi connectivity index (χ3v) is 3.87. The Labute approximate surface area is 152 Å². The monoisotopic (exact) mass is 365 g/mol. The van der Waals surface area contributed by atoms with Crippen molar-refractivity contribution in [2.75, 3.05) is 32.5 Å². The molecule has 6 heteroatoms. The van der Waals surface area contributed by atoms with E-state index in [1.54, 1.807) is 18.2 Å². The van der Waals surface area contributed by atoms with Crippen molar-refractivity contribution in [3.8, 4) is 0 Å². The van der Waals surface area contributed by atoms with E-state index in [1.165, 1.54) is 0 Å². The molecule has 2 rings (SSSR count). The van der Waals surface area contributed by atoms with Gasteiger partial charge in [-0.25, -0.2) is 0 Å². The average molecular weight is 366 g/mol. The lowest BCUT2D eigenvalue weighted by Gasteiger charge is -2.20. The SMILES string of the molecule is CN(C)CCNC(C(=O)Nc1cc(Cl)cc(Cl)c1)c1ccccc1. The second kappa shape index (κ2) is 9.04. The molecular formula is C18H21Cl2N3O. The van der Waals surface area contributed by atoms with Crippen LogP contribution in [0.25, 0.3) is 0 Å². The average Bonchev–Trinajstić information content (AvgIpc) is 2.51. The summed E-state index contributed by atoms with van der Waals surface area (Å²) in [6, 6.07) is 14.1. The van der Waals surface area contributed by atoms with E-state index in [0.29, 0.717) is 22.3 Å². The van der Waals surface area contributed by atoms with Gasteiger partial charge in [0.2, 0.25) is 5.91 Å². The molecule has 0 heterocycles. The van der Waals surface area contributed by atoms with Crippen LogP contribution in [0.15, 0.2) is 48.5 Å². The maximum Gasteiger partial charge on any atom is 0.246 e. The third-order valence-electron chi connectivity index (χ3n) is 3.43. The van der Waals surface area contributed by atoms with Gasteiger partial charge in [-0.15, -0.1) is 0 Å². The van der Waals surface area contributed by atoms with Crippen molar-refractivity contribution in [2.24, 2.45) is 0 Å². The second-order valence-corrected chi connectivity index (χ2v) is 6.62. The predicted molar refractivity (Wildman–Crippen MR) is 101 cm³/mol. The Morgan fingerprint density at radius 1 is 1.08 bits per heavy atom. The summed E-state index contributed by atoms with van der Waals surface area (Å²) >= 11 is 12.0. The summed E-state index contributed by atoms with van der Waals surface area (Å²) in [5, 5.41) is 7.14. The molecule has 128 valence electrons. The van der Waals surface area contributed by atoms with E-state index in [4.69, 9.17) is 23.2 Å². The molecule has 24 heavy (non-hydrogen) atoms. The Kier molecular flexibility index (Phi) is 7.06. The zero-order valence-corrected chi connectivity index (χ0v) is 15.2. The van der Waals surface area contributed by atoms with Gasteiger partial charge in [-0.2, -0.15) is 0 Å². The van der Waals surface area contributed by atoms with E-state index >= 15 is 0 Å². The summed E-state index contributed by atoms with van der Waals surface area (Å²) in [4.78, 5) is 14.8. The summed E-state index contributed by atoms with van der Waals surface area (Å²) < 4.78 is 0. The van der Waals surface area contributed by atoms with Crippen LogP contribution in [0.3, 0.4) is 0 Å². The lowest BCUT2D eigenvalue weighted by molar-refractivity contribution is -0.118. The molecule has 0 bridgehead atoms. The molecule has 1 atom stereocenters. The number of likely N-dealkylation sites (N-methyl/N-ethyl adjacent to an activating group) is 1. The number of anilines is 1. The van der Waals surface area contributed by atoms with Gasteiger partial charge >= 0.3 is 0 Å². The summed E-state index contributed by atoms with van der Waals surface area (Å²) in [5.41, 5.74) is 1.48. The van der Waals surface area contributed by atoms with Crippen molar-refractivity contribution in [1.82, 2.24) is 10.2 Å². The Balaban J connectivity index is 2.14. The highest BCUT2D eigenvalue weighted by Gasteiger charge is 2.20. The third kappa shape index (κ3) is 5.80. The number of hydrogen-bond donors (Lipinski definition) is 2. The molecule has 0 spiro atoms. The highest BCUT2D eigenvalue weighted by atomic mass is 35.5. The van der Waals surface area contributed by atoms with Crippen molar-refractivity contribution in [2.45, 2.75) is 6.04 Å². The minimum Gasteiger partial charge on any atom is -0.324 e. The summed E-state index contributed by atoms with van der Waals surface area (Å²) in [5.74, 6) is -0.154. The number of rotatable bonds is 7. The highest BCUT2D eigenvalue weighted by molar-refractivity contribution is 6.35. The second-order valence-electron chi connectivity index (χ2n) is 5.75. The van der Waals surface area contributed by atoms with Crippen molar-refractivity contribution in [3.05, 3.63) is 64.1 Å². The van der Waals surface area contributed by atoms with E-state index < -0.39 is 6.04 Å². The molecule has 1 unspecified atom stereocenters. The number of halogens is 2. The van der Waals surface area contributed by atoms with Crippen LogP contribution in [-0.4, -0.2) is 38.0 Å². The Morgan fingerprint density at radius 3 is 2.29 bits per heavy atom. The fourth-order valence-electron chi connectivity index (χ4n) is 2.28. The number of nitrogens with zero attached hydrogens (tertiary/aromatic N) is 1. The molecule has 2 aromatic rings. The summed E-state index contributed by atoms with van der Waals surface area (Å²) in [6.45, 7) is 1.52. The van der Waals surface area contributed by atoms with Gasteiger partial charge in [0.15, 0.2) is 0 Å². The zero-order valence-electron chi connectivity index (χ0n) is 13.7. The molecule has 4 nitrogen and oxygen atoms in total. The first-order valence-corrected chi connectivity index (χ1v) is 8.41. The highest BCUT2D eigenvalue weighted by Crippen LogP contribution is 2.23. The lowest BCUT2D eigenvalue weighted by atomic mass is 10.1. The van der Waals surface area contributed by atoms with Crippen LogP contribution in [0, 0.1) is 0 Å². The van der Waals surface area contributed by atoms with Crippen LogP contribution in [0.1, 0.15) is 11.6 Å². The largest absolute Gasteiger partial charge is 0.324 e. The van der Waals surface area contributed by atoms with Crippen molar-refractivity contribution in [3.63, 3.8) is 0 Å². The van der Waals surface area contributed by atoms with Crippen LogP contribution in [0.2, 0.25) is 10.0 Å². The van der Waals surface area contributed by atoms with Crippen LogP contribution in [0.5, 0.6) is 0 Å². The minimum absolute atomic E-state index is 0.154. The predicted octanol–water partition coefficient (Wildman–Crippen LogP) is 3.82. The number of nitrogens with one attached hydrogen (secondary N) is 2. The van der Waals surface area contributed by atoms with E-state index in [2.05, 4.69) is 15.5 Å². The number of carbonyl (C=O) groups is 1. The number of carbonyl (C=O) groups excluding carboxylic acids is 1. The fraction of sp³-hybridized carbons (Fsp3) is 0.278. The van der Waals surface area contributed by atoms with Gasteiger partial charge in [0.05, 0.1) is 0 Å². The number of hydrogen-bond acceptors (Lipinski definition) is 3. The molecule has 0 radical (unpaired) electrons. The molecule has 0 fully saturated rings. The molecule has 1 amide bonds. The first-order chi connectivity index (χ1) is 11.5. The van der Waals surface area contributed by atoms with E-state index in [1.807, 2.05) is 44.4 Å². The Morgan fingerprint density at radius 2 is 1.71 bits per heavy atom. The molecule has 0 aliphatic carbocycles. The smallest absolute Gasteiger partial charge is 0.246 e. The van der Waals surface area contributed by atoms with E-state index in [0.717, 1.165) is 12.1 Å². The van der Waals surface area contributed by atoms with Crippen molar-refractivity contribution >= 4 is 34.8 Å². The normalized spacial score (nSPS) is 12.2. The molecule has 0 aliphatic heterocycles. The molecule has 0 aliphatic rings. The van der Waals surface area contributed by atoms with Crippen molar-refractivity contribution in [1.29, 1.82) is 0 Å². The van der Waals surface area contributed by atoms with Gasteiger partial charge in [0.1, 0.15) is 6.04 Å². The van der Waals surface area contributed by atoms with Gasteiger partial charge in [0, 0.05) is 28.8 Å². The van der Waals surface area contributed by atoms with Crippen LogP contribution >= 0.6 is 23.2 Å². The molecule has 2 N–H and O–H groups in total.